The van der Waals surface area contributed by atoms with Crippen molar-refractivity contribution in [2.45, 2.75) is 45.3 Å². The van der Waals surface area contributed by atoms with Gasteiger partial charge in [0.25, 0.3) is 5.91 Å². The zero-order chi connectivity index (χ0) is 25.6. The number of hydrogen-bond donors (Lipinski definition) is 2. The topological polar surface area (TPSA) is 148 Å². The first-order valence-electron chi connectivity index (χ1n) is 11.0. The molecule has 0 spiro atoms. The number of hydrogen-bond acceptors (Lipinski definition) is 8. The predicted octanol–water partition coefficient (Wildman–Crippen LogP) is 1.89. The van der Waals surface area contributed by atoms with E-state index in [0.29, 0.717) is 23.0 Å². The molecule has 2 amide bonds. The average molecular weight is 480 g/mol. The van der Waals surface area contributed by atoms with E-state index in [9.17, 15) is 9.59 Å². The van der Waals surface area contributed by atoms with E-state index in [1.165, 1.54) is 11.8 Å². The highest BCUT2D eigenvalue weighted by molar-refractivity contribution is 5.96. The Labute approximate surface area is 203 Å². The van der Waals surface area contributed by atoms with E-state index >= 15 is 0 Å². The summed E-state index contributed by atoms with van der Waals surface area (Å²) in [5, 5.41) is 26.6. The van der Waals surface area contributed by atoms with Gasteiger partial charge in [-0.2, -0.15) is 10.4 Å². The fourth-order valence-corrected chi connectivity index (χ4v) is 3.36. The molecule has 0 saturated heterocycles. The van der Waals surface area contributed by atoms with Crippen molar-refractivity contribution in [3.05, 3.63) is 53.2 Å². The Balaban J connectivity index is 1.83. The molecule has 184 valence electrons. The lowest BCUT2D eigenvalue weighted by Crippen LogP contribution is -2.48. The lowest BCUT2D eigenvalue weighted by atomic mass is 9.92. The van der Waals surface area contributed by atoms with Crippen molar-refractivity contribution < 1.29 is 18.7 Å². The molecule has 0 fully saturated rings. The van der Waals surface area contributed by atoms with Crippen LogP contribution in [0, 0.1) is 11.3 Å². The van der Waals surface area contributed by atoms with Crippen LogP contribution >= 0.6 is 0 Å². The number of benzene rings is 1. The van der Waals surface area contributed by atoms with Crippen molar-refractivity contribution in [1.29, 1.82) is 5.26 Å². The highest BCUT2D eigenvalue weighted by Crippen LogP contribution is 2.22. The molecule has 0 radical (unpaired) electrons. The fourth-order valence-electron chi connectivity index (χ4n) is 3.36. The number of nitrogens with one attached hydrogen (secondary N) is 2. The molecule has 0 aliphatic carbocycles. The largest absolute Gasteiger partial charge is 0.418 e. The number of aromatic nitrogens is 4. The molecule has 0 saturated carbocycles. The molecule has 11 heteroatoms. The summed E-state index contributed by atoms with van der Waals surface area (Å²) in [7, 11) is 3.21. The summed E-state index contributed by atoms with van der Waals surface area (Å²) in [6, 6.07) is 9.91. The first kappa shape index (κ1) is 25.6. The van der Waals surface area contributed by atoms with Crippen molar-refractivity contribution in [1.82, 2.24) is 30.6 Å². The summed E-state index contributed by atoms with van der Waals surface area (Å²) in [4.78, 5) is 25.9. The summed E-state index contributed by atoms with van der Waals surface area (Å²) in [5.74, 6) is -0.244. The molecule has 3 aromatic rings. The van der Waals surface area contributed by atoms with Gasteiger partial charge in [0, 0.05) is 31.6 Å². The molecule has 1 atom stereocenters. The summed E-state index contributed by atoms with van der Waals surface area (Å²) >= 11 is 0. The summed E-state index contributed by atoms with van der Waals surface area (Å²) in [6.45, 7) is 6.04. The molecule has 0 aliphatic heterocycles. The SMILES string of the molecule is COCc1nnc(-c2cccc(C[C@H](NC(=O)c3cc(C(C)(C)C)nn3C)C(=O)NCC#N)c2)o1. The Morgan fingerprint density at radius 3 is 2.69 bits per heavy atom. The fraction of sp³-hybridized carbons (Fsp3) is 0.417. The van der Waals surface area contributed by atoms with Gasteiger partial charge in [0.2, 0.25) is 17.7 Å². The van der Waals surface area contributed by atoms with Gasteiger partial charge in [-0.3, -0.25) is 14.3 Å². The van der Waals surface area contributed by atoms with Crippen molar-refractivity contribution in [3.8, 4) is 17.5 Å². The van der Waals surface area contributed by atoms with Gasteiger partial charge in [-0.1, -0.05) is 32.9 Å². The van der Waals surface area contributed by atoms with Gasteiger partial charge in [0.15, 0.2) is 0 Å². The quantitative estimate of drug-likeness (QED) is 0.442. The Bertz CT molecular complexity index is 1230. The standard InChI is InChI=1S/C24H29N7O4/c1-24(2,3)19-13-18(31(4)30-19)22(33)27-17(21(32)26-10-9-25)12-15-7-6-8-16(11-15)23-29-28-20(35-23)14-34-5/h6-8,11,13,17H,10,12,14H2,1-5H3,(H,26,32)(H,27,33)/t17-/m0/s1. The van der Waals surface area contributed by atoms with Crippen molar-refractivity contribution in [3.63, 3.8) is 0 Å². The smallest absolute Gasteiger partial charge is 0.270 e. The summed E-state index contributed by atoms with van der Waals surface area (Å²) < 4.78 is 12.1. The number of methoxy groups -OCH3 is 1. The average Bonchev–Trinajstić information content (AvgIpc) is 3.44. The highest BCUT2D eigenvalue weighted by atomic mass is 16.5. The first-order chi connectivity index (χ1) is 16.6. The van der Waals surface area contributed by atoms with Crippen LogP contribution in [0.5, 0.6) is 0 Å². The third kappa shape index (κ3) is 6.51. The van der Waals surface area contributed by atoms with Gasteiger partial charge < -0.3 is 19.8 Å². The maximum Gasteiger partial charge on any atom is 0.270 e. The van der Waals surface area contributed by atoms with E-state index in [4.69, 9.17) is 14.4 Å². The van der Waals surface area contributed by atoms with Crippen molar-refractivity contribution in [2.24, 2.45) is 7.05 Å². The minimum atomic E-state index is -0.925. The molecule has 0 unspecified atom stereocenters. The molecule has 35 heavy (non-hydrogen) atoms. The normalized spacial score (nSPS) is 12.1. The van der Waals surface area contributed by atoms with Crippen LogP contribution in [-0.4, -0.2) is 51.5 Å². The molecule has 2 aromatic heterocycles. The molecule has 2 N–H and O–H groups in total. The number of amides is 2. The molecular formula is C24H29N7O4. The zero-order valence-corrected chi connectivity index (χ0v) is 20.5. The molecule has 1 aromatic carbocycles. The van der Waals surface area contributed by atoms with E-state index in [2.05, 4.69) is 25.9 Å². The van der Waals surface area contributed by atoms with Crippen molar-refractivity contribution >= 4 is 11.8 Å². The third-order valence-electron chi connectivity index (χ3n) is 5.19. The number of rotatable bonds is 9. The minimum absolute atomic E-state index is 0.171. The summed E-state index contributed by atoms with van der Waals surface area (Å²) in [6.07, 6.45) is 0.180. The Morgan fingerprint density at radius 2 is 2.03 bits per heavy atom. The molecule has 2 heterocycles. The molecular weight excluding hydrogens is 450 g/mol. The Hall–Kier alpha value is -4.04. The minimum Gasteiger partial charge on any atom is -0.418 e. The van der Waals surface area contributed by atoms with Crippen LogP contribution in [0.2, 0.25) is 0 Å². The molecule has 0 aliphatic rings. The number of carbonyl (C=O) groups excluding carboxylic acids is 2. The Kier molecular flexibility index (Phi) is 7.98. The van der Waals surface area contributed by atoms with Gasteiger partial charge in [0.1, 0.15) is 24.9 Å². The van der Waals surface area contributed by atoms with Crippen LogP contribution in [0.15, 0.2) is 34.7 Å². The van der Waals surface area contributed by atoms with Gasteiger partial charge >= 0.3 is 0 Å². The second-order valence-electron chi connectivity index (χ2n) is 9.03. The molecule has 11 nitrogen and oxygen atoms in total. The van der Waals surface area contributed by atoms with Crippen LogP contribution in [0.3, 0.4) is 0 Å². The lowest BCUT2D eigenvalue weighted by Gasteiger charge is -2.18. The van der Waals surface area contributed by atoms with E-state index in [0.717, 1.165) is 11.3 Å². The van der Waals surface area contributed by atoms with Crippen LogP contribution in [0.4, 0.5) is 0 Å². The van der Waals surface area contributed by atoms with Crippen molar-refractivity contribution in [2.75, 3.05) is 13.7 Å². The number of nitriles is 1. The second-order valence-corrected chi connectivity index (χ2v) is 9.03. The van der Waals surface area contributed by atoms with Crippen LogP contribution in [-0.2, 0) is 35.0 Å². The summed E-state index contributed by atoms with van der Waals surface area (Å²) in [5.41, 5.74) is 2.28. The van der Waals surface area contributed by atoms with Crippen LogP contribution < -0.4 is 10.6 Å². The lowest BCUT2D eigenvalue weighted by molar-refractivity contribution is -0.122. The van der Waals surface area contributed by atoms with Crippen LogP contribution in [0.1, 0.15) is 48.4 Å². The van der Waals surface area contributed by atoms with E-state index < -0.39 is 17.9 Å². The second kappa shape index (κ2) is 10.9. The van der Waals surface area contributed by atoms with Crippen LogP contribution in [0.25, 0.3) is 11.5 Å². The molecule has 3 rings (SSSR count). The number of carbonyl (C=O) groups is 2. The Morgan fingerprint density at radius 1 is 1.26 bits per heavy atom. The van der Waals surface area contributed by atoms with E-state index in [1.807, 2.05) is 39.0 Å². The number of ether oxygens (including phenoxy) is 1. The monoisotopic (exact) mass is 479 g/mol. The van der Waals surface area contributed by atoms with Gasteiger partial charge in [0.05, 0.1) is 11.8 Å². The van der Waals surface area contributed by atoms with E-state index in [-0.39, 0.29) is 25.0 Å². The predicted molar refractivity (Wildman–Crippen MR) is 126 cm³/mol. The zero-order valence-electron chi connectivity index (χ0n) is 20.5. The third-order valence-corrected chi connectivity index (χ3v) is 5.19. The first-order valence-corrected chi connectivity index (χ1v) is 11.0. The maximum absolute atomic E-state index is 13.1. The van der Waals surface area contributed by atoms with E-state index in [1.54, 1.807) is 25.2 Å². The number of aryl methyl sites for hydroxylation is 1. The van der Waals surface area contributed by atoms with Gasteiger partial charge in [-0.05, 0) is 23.8 Å². The number of nitrogens with zero attached hydrogens (tertiary/aromatic N) is 5. The van der Waals surface area contributed by atoms with Gasteiger partial charge in [-0.25, -0.2) is 0 Å². The maximum atomic E-state index is 13.1. The molecule has 0 bridgehead atoms. The van der Waals surface area contributed by atoms with Gasteiger partial charge in [-0.15, -0.1) is 10.2 Å². The highest BCUT2D eigenvalue weighted by Gasteiger charge is 2.26.